The molecule has 2 aromatic heterocycles. The van der Waals surface area contributed by atoms with Gasteiger partial charge in [0.05, 0.1) is 0 Å². The molecule has 3 aromatic rings. The lowest BCUT2D eigenvalue weighted by atomic mass is 10.2. The molecule has 27 heavy (non-hydrogen) atoms. The first-order chi connectivity index (χ1) is 13.1. The lowest BCUT2D eigenvalue weighted by Crippen LogP contribution is -3.27. The highest BCUT2D eigenvalue weighted by molar-refractivity contribution is 6.30. The van der Waals surface area contributed by atoms with Crippen LogP contribution in [0.25, 0.3) is 5.65 Å². The molecule has 3 heterocycles. The Kier molecular flexibility index (Phi) is 5.25. The van der Waals surface area contributed by atoms with Crippen LogP contribution in [-0.4, -0.2) is 35.6 Å². The summed E-state index contributed by atoms with van der Waals surface area (Å²) in [5.41, 5.74) is 3.85. The molecule has 1 saturated heterocycles. The number of benzene rings is 1. The average Bonchev–Trinajstić information content (AvgIpc) is 2.63. The van der Waals surface area contributed by atoms with Crippen molar-refractivity contribution in [3.05, 3.63) is 80.9 Å². The predicted molar refractivity (Wildman–Crippen MR) is 106 cm³/mol. The number of fused-ring (bicyclic) bond motifs is 1. The molecule has 140 valence electrons. The number of aryl methyl sites for hydroxylation is 1. The molecule has 4 rings (SSSR count). The molecular formula is C21H25ClN4O+2. The van der Waals surface area contributed by atoms with Crippen LogP contribution in [0.4, 0.5) is 0 Å². The lowest BCUT2D eigenvalue weighted by Gasteiger charge is -2.29. The number of aromatic nitrogens is 2. The summed E-state index contributed by atoms with van der Waals surface area (Å²) in [7, 11) is 0. The van der Waals surface area contributed by atoms with E-state index in [-0.39, 0.29) is 5.56 Å². The van der Waals surface area contributed by atoms with Crippen LogP contribution in [0.3, 0.4) is 0 Å². The molecule has 0 bridgehead atoms. The van der Waals surface area contributed by atoms with Crippen LogP contribution in [0, 0.1) is 6.92 Å². The van der Waals surface area contributed by atoms with Gasteiger partial charge in [-0.25, -0.2) is 4.98 Å². The minimum Gasteiger partial charge on any atom is -0.322 e. The van der Waals surface area contributed by atoms with E-state index in [1.165, 1.54) is 10.5 Å². The number of nitrogens with zero attached hydrogens (tertiary/aromatic N) is 2. The zero-order valence-corrected chi connectivity index (χ0v) is 16.3. The molecular weight excluding hydrogens is 360 g/mol. The maximum absolute atomic E-state index is 12.4. The van der Waals surface area contributed by atoms with E-state index in [0.29, 0.717) is 0 Å². The van der Waals surface area contributed by atoms with E-state index in [2.05, 4.69) is 12.1 Å². The number of pyridine rings is 1. The molecule has 6 heteroatoms. The highest BCUT2D eigenvalue weighted by Crippen LogP contribution is 2.09. The molecule has 0 amide bonds. The molecule has 2 N–H and O–H groups in total. The number of hydrogen-bond acceptors (Lipinski definition) is 2. The normalized spacial score (nSPS) is 20.1. The van der Waals surface area contributed by atoms with Gasteiger partial charge >= 0.3 is 0 Å². The van der Waals surface area contributed by atoms with E-state index in [0.717, 1.165) is 61.3 Å². The molecule has 1 aromatic carbocycles. The molecule has 0 unspecified atom stereocenters. The van der Waals surface area contributed by atoms with Gasteiger partial charge in [0.1, 0.15) is 50.6 Å². The van der Waals surface area contributed by atoms with Crippen LogP contribution < -0.4 is 15.4 Å². The Hall–Kier alpha value is -2.21. The maximum Gasteiger partial charge on any atom is 0.258 e. The smallest absolute Gasteiger partial charge is 0.258 e. The van der Waals surface area contributed by atoms with E-state index < -0.39 is 0 Å². The van der Waals surface area contributed by atoms with Crippen molar-refractivity contribution in [3.63, 3.8) is 0 Å². The molecule has 0 spiro atoms. The Morgan fingerprint density at radius 1 is 1.00 bits per heavy atom. The number of rotatable bonds is 4. The summed E-state index contributed by atoms with van der Waals surface area (Å²) in [6.07, 6.45) is 0. The summed E-state index contributed by atoms with van der Waals surface area (Å²) in [6.45, 7) is 8.17. The summed E-state index contributed by atoms with van der Waals surface area (Å²) in [6, 6.07) is 15.6. The van der Waals surface area contributed by atoms with Crippen molar-refractivity contribution in [2.45, 2.75) is 20.0 Å². The molecule has 0 saturated carbocycles. The molecule has 0 atom stereocenters. The van der Waals surface area contributed by atoms with Crippen LogP contribution >= 0.6 is 11.6 Å². The van der Waals surface area contributed by atoms with Gasteiger partial charge in [0.15, 0.2) is 0 Å². The van der Waals surface area contributed by atoms with Gasteiger partial charge in [-0.05, 0) is 31.2 Å². The van der Waals surface area contributed by atoms with Gasteiger partial charge < -0.3 is 9.80 Å². The van der Waals surface area contributed by atoms with Gasteiger partial charge in [-0.2, -0.15) is 0 Å². The SMILES string of the molecule is Cc1cccc2nc(C[NH+]3CC[NH+](Cc4cccc(Cl)c4)CC3)cc(=O)n12. The zero-order valence-electron chi connectivity index (χ0n) is 15.5. The summed E-state index contributed by atoms with van der Waals surface area (Å²) >= 11 is 6.09. The van der Waals surface area contributed by atoms with Gasteiger partial charge in [-0.15, -0.1) is 0 Å². The molecule has 0 radical (unpaired) electrons. The van der Waals surface area contributed by atoms with Crippen LogP contribution in [0.15, 0.2) is 53.3 Å². The highest BCUT2D eigenvalue weighted by Gasteiger charge is 2.24. The quantitative estimate of drug-likeness (QED) is 0.672. The van der Waals surface area contributed by atoms with Crippen LogP contribution in [0.5, 0.6) is 0 Å². The Balaban J connectivity index is 1.39. The Morgan fingerprint density at radius 2 is 1.70 bits per heavy atom. The monoisotopic (exact) mass is 384 g/mol. The van der Waals surface area contributed by atoms with E-state index in [1.54, 1.807) is 15.4 Å². The van der Waals surface area contributed by atoms with Crippen LogP contribution in [0.2, 0.25) is 5.02 Å². The van der Waals surface area contributed by atoms with E-state index in [4.69, 9.17) is 16.6 Å². The van der Waals surface area contributed by atoms with Crippen LogP contribution in [-0.2, 0) is 13.1 Å². The van der Waals surface area contributed by atoms with Crippen molar-refractivity contribution >= 4 is 17.2 Å². The fourth-order valence-corrected chi connectivity index (χ4v) is 4.17. The summed E-state index contributed by atoms with van der Waals surface area (Å²) < 4.78 is 1.67. The summed E-state index contributed by atoms with van der Waals surface area (Å²) in [5.74, 6) is 0. The van der Waals surface area contributed by atoms with Crippen LogP contribution in [0.1, 0.15) is 17.0 Å². The fourth-order valence-electron chi connectivity index (χ4n) is 3.96. The van der Waals surface area contributed by atoms with Crippen molar-refractivity contribution in [3.8, 4) is 0 Å². The largest absolute Gasteiger partial charge is 0.322 e. The number of nitrogens with one attached hydrogen (secondary N) is 2. The van der Waals surface area contributed by atoms with E-state index in [9.17, 15) is 4.79 Å². The Morgan fingerprint density at radius 3 is 2.44 bits per heavy atom. The predicted octanol–water partition coefficient (Wildman–Crippen LogP) is 0.140. The number of hydrogen-bond donors (Lipinski definition) is 2. The van der Waals surface area contributed by atoms with E-state index in [1.807, 2.05) is 37.3 Å². The van der Waals surface area contributed by atoms with Crippen molar-refractivity contribution in [1.29, 1.82) is 0 Å². The third-order valence-electron chi connectivity index (χ3n) is 5.37. The van der Waals surface area contributed by atoms with Gasteiger partial charge in [-0.3, -0.25) is 9.20 Å². The topological polar surface area (TPSA) is 43.2 Å². The fraction of sp³-hybridized carbons (Fsp3) is 0.333. The first-order valence-corrected chi connectivity index (χ1v) is 9.86. The third-order valence-corrected chi connectivity index (χ3v) is 5.61. The second kappa shape index (κ2) is 7.80. The molecule has 1 aliphatic rings. The zero-order chi connectivity index (χ0) is 18.8. The van der Waals surface area contributed by atoms with Gasteiger partial charge in [-0.1, -0.05) is 29.8 Å². The van der Waals surface area contributed by atoms with Crippen molar-refractivity contribution in [2.75, 3.05) is 26.2 Å². The van der Waals surface area contributed by atoms with Gasteiger partial charge in [0.2, 0.25) is 0 Å². The minimum atomic E-state index is 0.0118. The van der Waals surface area contributed by atoms with Crippen molar-refractivity contribution in [1.82, 2.24) is 9.38 Å². The Labute approximate surface area is 163 Å². The van der Waals surface area contributed by atoms with Crippen molar-refractivity contribution < 1.29 is 9.80 Å². The molecule has 1 fully saturated rings. The Bertz CT molecular complexity index is 1010. The molecule has 5 nitrogen and oxygen atoms in total. The minimum absolute atomic E-state index is 0.0118. The maximum atomic E-state index is 12.4. The van der Waals surface area contributed by atoms with Crippen molar-refractivity contribution in [2.24, 2.45) is 0 Å². The highest BCUT2D eigenvalue weighted by atomic mass is 35.5. The summed E-state index contributed by atoms with van der Waals surface area (Å²) in [5, 5.41) is 0.806. The molecule has 0 aliphatic carbocycles. The lowest BCUT2D eigenvalue weighted by molar-refractivity contribution is -1.02. The van der Waals surface area contributed by atoms with Gasteiger partial charge in [0, 0.05) is 22.3 Å². The average molecular weight is 385 g/mol. The first kappa shape index (κ1) is 18.2. The molecule has 1 aliphatic heterocycles. The third kappa shape index (κ3) is 4.21. The second-order valence-electron chi connectivity index (χ2n) is 7.43. The number of piperazine rings is 1. The first-order valence-electron chi connectivity index (χ1n) is 9.48. The summed E-state index contributed by atoms with van der Waals surface area (Å²) in [4.78, 5) is 20.2. The second-order valence-corrected chi connectivity index (χ2v) is 7.87. The number of halogens is 1. The van der Waals surface area contributed by atoms with Gasteiger partial charge in [0.25, 0.3) is 5.56 Å². The van der Waals surface area contributed by atoms with E-state index >= 15 is 0 Å². The standard InChI is InChI=1S/C21H23ClN4O/c1-16-4-2-7-20-23-19(13-21(27)26(16)20)15-25-10-8-24(9-11-25)14-17-5-3-6-18(22)12-17/h2-7,12-13H,8-11,14-15H2,1H3/p+2. The number of quaternary nitrogens is 2.